The molecule has 2 aromatic heterocycles. The minimum absolute atomic E-state index is 0.0334. The Morgan fingerprint density at radius 3 is 2.81 bits per heavy atom. The number of halogens is 1. The fourth-order valence-corrected chi connectivity index (χ4v) is 3.46. The van der Waals surface area contributed by atoms with Gasteiger partial charge < -0.3 is 14.1 Å². The lowest BCUT2D eigenvalue weighted by molar-refractivity contribution is -0.139. The minimum Gasteiger partial charge on any atom is -0.425 e. The fourth-order valence-electron chi connectivity index (χ4n) is 3.46. The van der Waals surface area contributed by atoms with E-state index in [0.717, 1.165) is 0 Å². The molecule has 1 atom stereocenters. The maximum Gasteiger partial charge on any atom is 0.223 e. The zero-order valence-corrected chi connectivity index (χ0v) is 17.5. The second kappa shape index (κ2) is 9.30. The van der Waals surface area contributed by atoms with Gasteiger partial charge in [-0.2, -0.15) is 0 Å². The molecular weight excluding hydrogens is 401 g/mol. The highest BCUT2D eigenvalue weighted by Gasteiger charge is 2.29. The average Bonchev–Trinajstić information content (AvgIpc) is 3.27. The molecule has 3 aromatic rings. The smallest absolute Gasteiger partial charge is 0.223 e. The van der Waals surface area contributed by atoms with Crippen LogP contribution in [0.2, 0.25) is 0 Å². The number of ether oxygens (including phenoxy) is 1. The number of benzene rings is 1. The van der Waals surface area contributed by atoms with Gasteiger partial charge in [0.2, 0.25) is 17.7 Å². The largest absolute Gasteiger partial charge is 0.425 e. The highest BCUT2D eigenvalue weighted by atomic mass is 19.1. The normalized spacial score (nSPS) is 16.6. The van der Waals surface area contributed by atoms with Crippen LogP contribution in [-0.2, 0) is 16.0 Å². The SMILES string of the molecule is CC(C)c1nnc(CCC(=O)N2CCOC(c3nccnc3-c3ccccc3F)C2)o1. The molecule has 0 spiro atoms. The van der Waals surface area contributed by atoms with Crippen LogP contribution < -0.4 is 0 Å². The summed E-state index contributed by atoms with van der Waals surface area (Å²) in [7, 11) is 0. The van der Waals surface area contributed by atoms with Crippen LogP contribution in [0.25, 0.3) is 11.3 Å². The Morgan fingerprint density at radius 1 is 1.23 bits per heavy atom. The van der Waals surface area contributed by atoms with Crippen molar-refractivity contribution in [2.24, 2.45) is 0 Å². The summed E-state index contributed by atoms with van der Waals surface area (Å²) in [6.07, 6.45) is 3.22. The van der Waals surface area contributed by atoms with Crippen LogP contribution in [0.5, 0.6) is 0 Å². The van der Waals surface area contributed by atoms with Gasteiger partial charge in [0.05, 0.1) is 24.5 Å². The van der Waals surface area contributed by atoms with Crippen LogP contribution in [-0.4, -0.2) is 50.7 Å². The summed E-state index contributed by atoms with van der Waals surface area (Å²) in [4.78, 5) is 23.2. The molecule has 0 saturated carbocycles. The van der Waals surface area contributed by atoms with Crippen molar-refractivity contribution in [1.29, 1.82) is 0 Å². The van der Waals surface area contributed by atoms with Crippen LogP contribution >= 0.6 is 0 Å². The third-order valence-electron chi connectivity index (χ3n) is 5.11. The number of morpholine rings is 1. The Hall–Kier alpha value is -3.20. The van der Waals surface area contributed by atoms with Crippen molar-refractivity contribution >= 4 is 5.91 Å². The maximum absolute atomic E-state index is 14.3. The Kier molecular flexibility index (Phi) is 6.31. The molecule has 8 nitrogen and oxygen atoms in total. The van der Waals surface area contributed by atoms with E-state index in [0.29, 0.717) is 54.8 Å². The van der Waals surface area contributed by atoms with Crippen LogP contribution in [0.3, 0.4) is 0 Å². The Bertz CT molecular complexity index is 1050. The lowest BCUT2D eigenvalue weighted by Gasteiger charge is -2.33. The molecule has 1 aliphatic heterocycles. The first-order valence-corrected chi connectivity index (χ1v) is 10.3. The van der Waals surface area contributed by atoms with Crippen molar-refractivity contribution < 1.29 is 18.3 Å². The monoisotopic (exact) mass is 425 g/mol. The van der Waals surface area contributed by atoms with E-state index < -0.39 is 6.10 Å². The molecule has 1 saturated heterocycles. The van der Waals surface area contributed by atoms with Gasteiger partial charge in [0.15, 0.2) is 0 Å². The number of carbonyl (C=O) groups excluding carboxylic acids is 1. The van der Waals surface area contributed by atoms with Gasteiger partial charge in [0.1, 0.15) is 11.9 Å². The summed E-state index contributed by atoms with van der Waals surface area (Å²) < 4.78 is 25.8. The Morgan fingerprint density at radius 2 is 2.03 bits per heavy atom. The molecule has 1 aliphatic rings. The van der Waals surface area contributed by atoms with Crippen molar-refractivity contribution in [2.45, 2.75) is 38.7 Å². The van der Waals surface area contributed by atoms with Crippen molar-refractivity contribution in [2.75, 3.05) is 19.7 Å². The molecule has 31 heavy (non-hydrogen) atoms. The van der Waals surface area contributed by atoms with Gasteiger partial charge in [0.25, 0.3) is 0 Å². The molecule has 162 valence electrons. The highest BCUT2D eigenvalue weighted by molar-refractivity contribution is 5.76. The average molecular weight is 425 g/mol. The molecule has 1 unspecified atom stereocenters. The summed E-state index contributed by atoms with van der Waals surface area (Å²) in [5.41, 5.74) is 1.30. The molecule has 1 aromatic carbocycles. The maximum atomic E-state index is 14.3. The van der Waals surface area contributed by atoms with E-state index in [2.05, 4.69) is 20.2 Å². The first kappa shape index (κ1) is 21.0. The van der Waals surface area contributed by atoms with Crippen LogP contribution in [0, 0.1) is 5.82 Å². The van der Waals surface area contributed by atoms with E-state index >= 15 is 0 Å². The van der Waals surface area contributed by atoms with E-state index in [9.17, 15) is 9.18 Å². The Balaban J connectivity index is 1.45. The van der Waals surface area contributed by atoms with E-state index in [4.69, 9.17) is 9.15 Å². The summed E-state index contributed by atoms with van der Waals surface area (Å²) in [5.74, 6) is 0.754. The molecule has 1 amide bonds. The summed E-state index contributed by atoms with van der Waals surface area (Å²) in [6, 6.07) is 6.41. The number of hydrogen-bond acceptors (Lipinski definition) is 7. The number of hydrogen-bond donors (Lipinski definition) is 0. The van der Waals surface area contributed by atoms with Crippen LogP contribution in [0.15, 0.2) is 41.1 Å². The van der Waals surface area contributed by atoms with Gasteiger partial charge in [-0.15, -0.1) is 10.2 Å². The summed E-state index contributed by atoms with van der Waals surface area (Å²) in [5, 5.41) is 8.00. The highest BCUT2D eigenvalue weighted by Crippen LogP contribution is 2.30. The molecule has 0 aliphatic carbocycles. The number of aromatic nitrogens is 4. The molecule has 4 rings (SSSR count). The first-order chi connectivity index (χ1) is 15.0. The second-order valence-corrected chi connectivity index (χ2v) is 7.66. The zero-order chi connectivity index (χ0) is 21.8. The van der Waals surface area contributed by atoms with E-state index in [-0.39, 0.29) is 24.1 Å². The third kappa shape index (κ3) is 4.77. The van der Waals surface area contributed by atoms with E-state index in [1.165, 1.54) is 12.3 Å². The Labute approximate surface area is 179 Å². The van der Waals surface area contributed by atoms with Gasteiger partial charge >= 0.3 is 0 Å². The number of aryl methyl sites for hydroxylation is 1. The number of amides is 1. The van der Waals surface area contributed by atoms with Gasteiger partial charge in [-0.3, -0.25) is 14.8 Å². The lowest BCUT2D eigenvalue weighted by atomic mass is 10.0. The number of rotatable bonds is 6. The van der Waals surface area contributed by atoms with Gasteiger partial charge in [-0.05, 0) is 12.1 Å². The van der Waals surface area contributed by atoms with E-state index in [1.807, 2.05) is 13.8 Å². The second-order valence-electron chi connectivity index (χ2n) is 7.66. The van der Waals surface area contributed by atoms with Crippen molar-refractivity contribution in [3.05, 3.63) is 60.0 Å². The first-order valence-electron chi connectivity index (χ1n) is 10.3. The molecular formula is C22H24FN5O3. The molecule has 9 heteroatoms. The number of carbonyl (C=O) groups is 1. The lowest BCUT2D eigenvalue weighted by Crippen LogP contribution is -2.42. The summed E-state index contributed by atoms with van der Waals surface area (Å²) in [6.45, 7) is 5.10. The van der Waals surface area contributed by atoms with Crippen LogP contribution in [0.1, 0.15) is 49.8 Å². The topological polar surface area (TPSA) is 94.2 Å². The van der Waals surface area contributed by atoms with Crippen molar-refractivity contribution in [3.8, 4) is 11.3 Å². The third-order valence-corrected chi connectivity index (χ3v) is 5.11. The fraction of sp³-hybridized carbons (Fsp3) is 0.409. The molecule has 0 radical (unpaired) electrons. The predicted molar refractivity (Wildman–Crippen MR) is 109 cm³/mol. The predicted octanol–water partition coefficient (Wildman–Crippen LogP) is 3.32. The van der Waals surface area contributed by atoms with Crippen molar-refractivity contribution in [1.82, 2.24) is 25.1 Å². The van der Waals surface area contributed by atoms with Crippen molar-refractivity contribution in [3.63, 3.8) is 0 Å². The zero-order valence-electron chi connectivity index (χ0n) is 17.5. The van der Waals surface area contributed by atoms with Gasteiger partial charge in [-0.1, -0.05) is 26.0 Å². The molecule has 3 heterocycles. The minimum atomic E-state index is -0.489. The van der Waals surface area contributed by atoms with Gasteiger partial charge in [0, 0.05) is 43.3 Å². The molecule has 0 bridgehead atoms. The van der Waals surface area contributed by atoms with E-state index in [1.54, 1.807) is 29.3 Å². The summed E-state index contributed by atoms with van der Waals surface area (Å²) >= 11 is 0. The van der Waals surface area contributed by atoms with Gasteiger partial charge in [-0.25, -0.2) is 4.39 Å². The quantitative estimate of drug-likeness (QED) is 0.598. The molecule has 1 fully saturated rings. The van der Waals surface area contributed by atoms with Crippen LogP contribution in [0.4, 0.5) is 4.39 Å². The number of nitrogens with zero attached hydrogens (tertiary/aromatic N) is 5. The standard InChI is InChI=1S/C22H24FN5O3/c1-14(2)22-27-26-18(31-22)7-8-19(29)28-11-12-30-17(13-28)21-20(24-9-10-25-21)15-5-3-4-6-16(15)23/h3-6,9-10,14,17H,7-8,11-13H2,1-2H3. The molecule has 0 N–H and O–H groups in total.